The molecule has 1 aliphatic carbocycles. The fourth-order valence-electron chi connectivity index (χ4n) is 3.85. The van der Waals surface area contributed by atoms with E-state index in [0.717, 1.165) is 41.8 Å². The van der Waals surface area contributed by atoms with Gasteiger partial charge in [-0.3, -0.25) is 9.36 Å². The summed E-state index contributed by atoms with van der Waals surface area (Å²) in [6.07, 6.45) is 8.07. The predicted octanol–water partition coefficient (Wildman–Crippen LogP) is 5.09. The second kappa shape index (κ2) is 7.97. The molecule has 3 aromatic rings. The average molecular weight is 377 g/mol. The van der Waals surface area contributed by atoms with Gasteiger partial charge >= 0.3 is 0 Å². The molecule has 1 aliphatic rings. The van der Waals surface area contributed by atoms with Crippen LogP contribution in [0.3, 0.4) is 0 Å². The van der Waals surface area contributed by atoms with Crippen LogP contribution in [0, 0.1) is 12.7 Å². The molecule has 0 unspecified atom stereocenters. The molecule has 28 heavy (non-hydrogen) atoms. The second-order valence-corrected chi connectivity index (χ2v) is 7.29. The molecule has 1 amide bonds. The van der Waals surface area contributed by atoms with E-state index in [9.17, 15) is 9.18 Å². The number of nitrogens with one attached hydrogen (secondary N) is 1. The maximum Gasteiger partial charge on any atom is 0.251 e. The third-order valence-corrected chi connectivity index (χ3v) is 5.27. The average Bonchev–Trinajstić information content (AvgIpc) is 3.03. The second-order valence-electron chi connectivity index (χ2n) is 7.29. The first-order chi connectivity index (χ1) is 13.6. The van der Waals surface area contributed by atoms with Gasteiger partial charge in [-0.05, 0) is 75.4 Å². The van der Waals surface area contributed by atoms with Crippen LogP contribution in [0.25, 0.3) is 16.7 Å². The molecule has 0 saturated heterocycles. The Labute approximate surface area is 164 Å². The Morgan fingerprint density at radius 3 is 2.89 bits per heavy atom. The lowest BCUT2D eigenvalue weighted by molar-refractivity contribution is 0.0954. The largest absolute Gasteiger partial charge is 0.352 e. The van der Waals surface area contributed by atoms with Gasteiger partial charge < -0.3 is 5.32 Å². The van der Waals surface area contributed by atoms with E-state index in [4.69, 9.17) is 0 Å². The van der Waals surface area contributed by atoms with Gasteiger partial charge in [0.1, 0.15) is 11.6 Å². The molecule has 0 fully saturated rings. The Morgan fingerprint density at radius 1 is 1.21 bits per heavy atom. The Balaban J connectivity index is 1.52. The summed E-state index contributed by atoms with van der Waals surface area (Å²) in [6, 6.07) is 11.9. The van der Waals surface area contributed by atoms with Gasteiger partial charge in [0.25, 0.3) is 5.91 Å². The summed E-state index contributed by atoms with van der Waals surface area (Å²) in [5.41, 5.74) is 4.34. The topological polar surface area (TPSA) is 46.9 Å². The van der Waals surface area contributed by atoms with Crippen molar-refractivity contribution in [2.75, 3.05) is 6.54 Å². The first-order valence-corrected chi connectivity index (χ1v) is 9.83. The van der Waals surface area contributed by atoms with Crippen LogP contribution in [0.5, 0.6) is 0 Å². The number of imidazole rings is 1. The highest BCUT2D eigenvalue weighted by Crippen LogP contribution is 2.23. The monoisotopic (exact) mass is 377 g/mol. The third kappa shape index (κ3) is 3.84. The fraction of sp³-hybridized carbons (Fsp3) is 0.304. The van der Waals surface area contributed by atoms with E-state index < -0.39 is 0 Å². The molecule has 5 heteroatoms. The Morgan fingerprint density at radius 2 is 2.11 bits per heavy atom. The Kier molecular flexibility index (Phi) is 5.24. The highest BCUT2D eigenvalue weighted by Gasteiger charge is 2.13. The maximum absolute atomic E-state index is 13.6. The first-order valence-electron chi connectivity index (χ1n) is 9.83. The number of halogens is 1. The van der Waals surface area contributed by atoms with Crippen LogP contribution < -0.4 is 5.32 Å². The van der Waals surface area contributed by atoms with Gasteiger partial charge in [-0.15, -0.1) is 0 Å². The Hall–Kier alpha value is -2.95. The molecule has 2 aromatic carbocycles. The summed E-state index contributed by atoms with van der Waals surface area (Å²) in [5.74, 6) is 0.376. The van der Waals surface area contributed by atoms with E-state index in [1.54, 1.807) is 18.2 Å². The summed E-state index contributed by atoms with van der Waals surface area (Å²) in [6.45, 7) is 2.53. The first kappa shape index (κ1) is 18.4. The number of carbonyl (C=O) groups is 1. The van der Waals surface area contributed by atoms with E-state index in [1.165, 1.54) is 30.5 Å². The van der Waals surface area contributed by atoms with Crippen molar-refractivity contribution in [2.24, 2.45) is 0 Å². The molecule has 0 radical (unpaired) electrons. The lowest BCUT2D eigenvalue weighted by Crippen LogP contribution is -2.24. The minimum absolute atomic E-state index is 0.0868. The molecule has 0 saturated carbocycles. The number of hydrogen-bond acceptors (Lipinski definition) is 2. The van der Waals surface area contributed by atoms with Crippen molar-refractivity contribution in [1.29, 1.82) is 0 Å². The van der Waals surface area contributed by atoms with E-state index in [0.29, 0.717) is 12.1 Å². The van der Waals surface area contributed by atoms with Crippen molar-refractivity contribution in [1.82, 2.24) is 14.9 Å². The molecule has 144 valence electrons. The number of hydrogen-bond donors (Lipinski definition) is 1. The molecule has 4 rings (SSSR count). The standard InChI is InChI=1S/C23H24FN3O/c1-16-26-21-14-18(23(28)25-13-12-17-6-3-2-4-7-17)10-11-22(21)27(16)20-9-5-8-19(24)15-20/h5-6,8-11,14-15H,2-4,7,12-13H2,1H3,(H,25,28). The molecule has 1 aromatic heterocycles. The van der Waals surface area contributed by atoms with Crippen LogP contribution in [-0.2, 0) is 0 Å². The molecule has 1 heterocycles. The highest BCUT2D eigenvalue weighted by molar-refractivity contribution is 5.97. The predicted molar refractivity (Wildman–Crippen MR) is 109 cm³/mol. The maximum atomic E-state index is 13.6. The van der Waals surface area contributed by atoms with Crippen LogP contribution in [0.1, 0.15) is 48.3 Å². The number of aromatic nitrogens is 2. The zero-order chi connectivity index (χ0) is 19.5. The van der Waals surface area contributed by atoms with Gasteiger partial charge in [-0.25, -0.2) is 9.37 Å². The number of allylic oxidation sites excluding steroid dienone is 1. The van der Waals surface area contributed by atoms with E-state index in [-0.39, 0.29) is 11.7 Å². The number of carbonyl (C=O) groups excluding carboxylic acids is 1. The van der Waals surface area contributed by atoms with Crippen LogP contribution in [0.15, 0.2) is 54.1 Å². The zero-order valence-corrected chi connectivity index (χ0v) is 16.0. The highest BCUT2D eigenvalue weighted by atomic mass is 19.1. The normalized spacial score (nSPS) is 14.1. The van der Waals surface area contributed by atoms with Gasteiger partial charge in [0, 0.05) is 12.1 Å². The fourth-order valence-corrected chi connectivity index (χ4v) is 3.85. The number of fused-ring (bicyclic) bond motifs is 1. The summed E-state index contributed by atoms with van der Waals surface area (Å²) in [7, 11) is 0. The molecule has 0 spiro atoms. The van der Waals surface area contributed by atoms with Gasteiger partial charge in [0.2, 0.25) is 0 Å². The van der Waals surface area contributed by atoms with Gasteiger partial charge in [0.05, 0.1) is 16.7 Å². The van der Waals surface area contributed by atoms with Gasteiger partial charge in [-0.2, -0.15) is 0 Å². The van der Waals surface area contributed by atoms with Crippen molar-refractivity contribution in [2.45, 2.75) is 39.0 Å². The van der Waals surface area contributed by atoms with Crippen LogP contribution in [0.2, 0.25) is 0 Å². The SMILES string of the molecule is Cc1nc2cc(C(=O)NCCC3=CCCCC3)ccc2n1-c1cccc(F)c1. The minimum Gasteiger partial charge on any atom is -0.352 e. The Bertz CT molecular complexity index is 1050. The van der Waals surface area contributed by atoms with Crippen molar-refractivity contribution < 1.29 is 9.18 Å². The van der Waals surface area contributed by atoms with Gasteiger partial charge in [0.15, 0.2) is 0 Å². The molecule has 4 nitrogen and oxygen atoms in total. The van der Waals surface area contributed by atoms with E-state index in [2.05, 4.69) is 16.4 Å². The van der Waals surface area contributed by atoms with Crippen molar-refractivity contribution in [3.05, 3.63) is 71.3 Å². The minimum atomic E-state index is -0.289. The van der Waals surface area contributed by atoms with Crippen LogP contribution >= 0.6 is 0 Å². The molecular formula is C23H24FN3O. The molecule has 0 atom stereocenters. The molecule has 0 aliphatic heterocycles. The molecule has 1 N–H and O–H groups in total. The molecule has 0 bridgehead atoms. The lowest BCUT2D eigenvalue weighted by Gasteiger charge is -2.13. The summed E-state index contributed by atoms with van der Waals surface area (Å²) < 4.78 is 15.5. The smallest absolute Gasteiger partial charge is 0.251 e. The molecular weight excluding hydrogens is 353 g/mol. The quantitative estimate of drug-likeness (QED) is 0.629. The zero-order valence-electron chi connectivity index (χ0n) is 16.0. The van der Waals surface area contributed by atoms with Gasteiger partial charge in [-0.1, -0.05) is 17.7 Å². The number of benzene rings is 2. The van der Waals surface area contributed by atoms with Crippen molar-refractivity contribution in [3.8, 4) is 5.69 Å². The summed E-state index contributed by atoms with van der Waals surface area (Å²) >= 11 is 0. The van der Waals surface area contributed by atoms with Crippen molar-refractivity contribution >= 4 is 16.9 Å². The number of amides is 1. The summed E-state index contributed by atoms with van der Waals surface area (Å²) in [4.78, 5) is 17.1. The third-order valence-electron chi connectivity index (χ3n) is 5.27. The number of aryl methyl sites for hydroxylation is 1. The number of nitrogens with zero attached hydrogens (tertiary/aromatic N) is 2. The van der Waals surface area contributed by atoms with Crippen LogP contribution in [-0.4, -0.2) is 22.0 Å². The van der Waals surface area contributed by atoms with E-state index in [1.807, 2.05) is 23.6 Å². The lowest BCUT2D eigenvalue weighted by atomic mass is 9.97. The van der Waals surface area contributed by atoms with E-state index >= 15 is 0 Å². The van der Waals surface area contributed by atoms with Crippen molar-refractivity contribution in [3.63, 3.8) is 0 Å². The number of rotatable bonds is 5. The van der Waals surface area contributed by atoms with Crippen LogP contribution in [0.4, 0.5) is 4.39 Å². The summed E-state index contributed by atoms with van der Waals surface area (Å²) in [5, 5.41) is 3.01.